The van der Waals surface area contributed by atoms with Crippen LogP contribution >= 0.6 is 0 Å². The molecule has 0 spiro atoms. The summed E-state index contributed by atoms with van der Waals surface area (Å²) in [6.07, 6.45) is 4.96. The van der Waals surface area contributed by atoms with E-state index in [1.165, 1.54) is 18.5 Å². The largest absolute Gasteiger partial charge is 0.457 e. The number of carbonyl (C=O) groups excluding carboxylic acids is 2. The minimum Gasteiger partial charge on any atom is -0.457 e. The summed E-state index contributed by atoms with van der Waals surface area (Å²) in [5.41, 5.74) is 2.73. The summed E-state index contributed by atoms with van der Waals surface area (Å²) in [6, 6.07) is 9.47. The summed E-state index contributed by atoms with van der Waals surface area (Å²) in [4.78, 5) is 33.5. The highest BCUT2D eigenvalue weighted by molar-refractivity contribution is 5.88. The van der Waals surface area contributed by atoms with Gasteiger partial charge in [-0.15, -0.1) is 0 Å². The molecule has 0 aliphatic heterocycles. The maximum Gasteiger partial charge on any atom is 0.379 e. The number of hydrazone groups is 1. The van der Waals surface area contributed by atoms with Gasteiger partial charge in [0, 0.05) is 0 Å². The molecule has 2 heterocycles. The third kappa shape index (κ3) is 4.88. The number of aromatic nitrogens is 2. The van der Waals surface area contributed by atoms with Gasteiger partial charge >= 0.3 is 11.7 Å². The van der Waals surface area contributed by atoms with Crippen LogP contribution in [0, 0.1) is 10.1 Å². The summed E-state index contributed by atoms with van der Waals surface area (Å²) in [6.45, 7) is -0.215. The smallest absolute Gasteiger partial charge is 0.379 e. The number of rotatable bonds is 7. The second-order valence-electron chi connectivity index (χ2n) is 5.38. The third-order valence-corrected chi connectivity index (χ3v) is 3.35. The van der Waals surface area contributed by atoms with Crippen molar-refractivity contribution in [2.24, 2.45) is 5.10 Å². The van der Waals surface area contributed by atoms with Gasteiger partial charge in [0.1, 0.15) is 24.7 Å². The fourth-order valence-corrected chi connectivity index (χ4v) is 2.07. The lowest BCUT2D eigenvalue weighted by Crippen LogP contribution is -2.23. The van der Waals surface area contributed by atoms with Crippen molar-refractivity contribution in [3.63, 3.8) is 0 Å². The van der Waals surface area contributed by atoms with Crippen LogP contribution in [0.25, 0.3) is 0 Å². The van der Waals surface area contributed by atoms with Crippen LogP contribution in [0.5, 0.6) is 5.75 Å². The molecule has 11 heteroatoms. The highest BCUT2D eigenvalue weighted by Gasteiger charge is 2.11. The predicted octanol–water partition coefficient (Wildman–Crippen LogP) is 1.75. The zero-order valence-corrected chi connectivity index (χ0v) is 14.2. The predicted molar refractivity (Wildman–Crippen MR) is 94.7 cm³/mol. The topological polar surface area (TPSA) is 142 Å². The summed E-state index contributed by atoms with van der Waals surface area (Å²) in [5.74, 6) is -0.700. The van der Waals surface area contributed by atoms with Crippen molar-refractivity contribution in [3.8, 4) is 5.75 Å². The van der Waals surface area contributed by atoms with E-state index in [1.807, 2.05) is 0 Å². The van der Waals surface area contributed by atoms with Crippen molar-refractivity contribution in [3.05, 3.63) is 76.5 Å². The first-order chi connectivity index (χ1) is 13.5. The molecule has 0 saturated carbocycles. The molecule has 2 aromatic heterocycles. The first-order valence-electron chi connectivity index (χ1n) is 7.86. The molecule has 0 saturated heterocycles. The van der Waals surface area contributed by atoms with E-state index in [1.54, 1.807) is 30.3 Å². The fraction of sp³-hybridized carbons (Fsp3) is 0.0588. The van der Waals surface area contributed by atoms with Crippen LogP contribution in [-0.2, 0) is 11.3 Å². The molecule has 3 aromatic rings. The molecule has 0 atom stereocenters. The Bertz CT molecular complexity index is 1010. The third-order valence-electron chi connectivity index (χ3n) is 3.35. The molecule has 0 unspecified atom stereocenters. The van der Waals surface area contributed by atoms with Crippen molar-refractivity contribution >= 4 is 23.8 Å². The highest BCUT2D eigenvalue weighted by Crippen LogP contribution is 2.14. The van der Waals surface area contributed by atoms with Crippen molar-refractivity contribution in [2.75, 3.05) is 0 Å². The van der Waals surface area contributed by atoms with E-state index < -0.39 is 16.8 Å². The van der Waals surface area contributed by atoms with E-state index in [4.69, 9.17) is 9.15 Å². The van der Waals surface area contributed by atoms with Gasteiger partial charge in [-0.2, -0.15) is 10.2 Å². The van der Waals surface area contributed by atoms with Crippen molar-refractivity contribution in [1.82, 2.24) is 15.2 Å². The monoisotopic (exact) mass is 383 g/mol. The van der Waals surface area contributed by atoms with Crippen LogP contribution in [0.1, 0.15) is 16.1 Å². The second-order valence-corrected chi connectivity index (χ2v) is 5.38. The number of nitrogens with zero attached hydrogens (tertiary/aromatic N) is 4. The fourth-order valence-electron chi connectivity index (χ4n) is 2.07. The minimum absolute atomic E-state index is 0.0934. The molecule has 0 fully saturated rings. The molecular formula is C17H13N5O6. The summed E-state index contributed by atoms with van der Waals surface area (Å²) in [7, 11) is 0. The number of furan rings is 1. The molecule has 142 valence electrons. The number of esters is 1. The molecule has 1 aromatic carbocycles. The number of amides is 1. The lowest BCUT2D eigenvalue weighted by molar-refractivity contribution is -0.385. The zero-order valence-electron chi connectivity index (χ0n) is 14.2. The maximum atomic E-state index is 11.8. The van der Waals surface area contributed by atoms with Gasteiger partial charge in [-0.3, -0.25) is 19.6 Å². The summed E-state index contributed by atoms with van der Waals surface area (Å²) in [5, 5.41) is 18.1. The van der Waals surface area contributed by atoms with E-state index in [0.29, 0.717) is 11.3 Å². The molecule has 1 amide bonds. The highest BCUT2D eigenvalue weighted by atomic mass is 16.6. The van der Waals surface area contributed by atoms with Gasteiger partial charge in [-0.25, -0.2) is 10.2 Å². The number of nitrogens with one attached hydrogen (secondary N) is 1. The number of ether oxygens (including phenoxy) is 1. The Kier molecular flexibility index (Phi) is 5.55. The van der Waals surface area contributed by atoms with Crippen LogP contribution in [0.4, 0.5) is 5.69 Å². The second kappa shape index (κ2) is 8.40. The average Bonchev–Trinajstić information content (AvgIpc) is 3.35. The van der Waals surface area contributed by atoms with Crippen LogP contribution in [-0.4, -0.2) is 32.8 Å². The van der Waals surface area contributed by atoms with E-state index in [-0.39, 0.29) is 18.0 Å². The van der Waals surface area contributed by atoms with Gasteiger partial charge in [0.15, 0.2) is 0 Å². The van der Waals surface area contributed by atoms with Crippen molar-refractivity contribution in [2.45, 2.75) is 6.54 Å². The average molecular weight is 383 g/mol. The van der Waals surface area contributed by atoms with Crippen molar-refractivity contribution in [1.29, 1.82) is 0 Å². The van der Waals surface area contributed by atoms with Gasteiger partial charge in [0.05, 0.1) is 17.4 Å². The first-order valence-corrected chi connectivity index (χ1v) is 7.86. The quantitative estimate of drug-likeness (QED) is 0.215. The van der Waals surface area contributed by atoms with Gasteiger partial charge < -0.3 is 9.15 Å². The Morgan fingerprint density at radius 3 is 2.75 bits per heavy atom. The maximum absolute atomic E-state index is 11.8. The van der Waals surface area contributed by atoms with Crippen molar-refractivity contribution < 1.29 is 23.7 Å². The first kappa shape index (κ1) is 18.5. The molecule has 0 aliphatic rings. The van der Waals surface area contributed by atoms with Crippen LogP contribution < -0.4 is 10.2 Å². The molecule has 11 nitrogen and oxygen atoms in total. The van der Waals surface area contributed by atoms with E-state index >= 15 is 0 Å². The lowest BCUT2D eigenvalue weighted by Gasteiger charge is -2.02. The lowest BCUT2D eigenvalue weighted by atomic mass is 10.2. The summed E-state index contributed by atoms with van der Waals surface area (Å²) >= 11 is 0. The SMILES string of the molecule is O=C(Cn1cc([N+](=O)[O-])cn1)N/N=C/c1ccc(OC(=O)c2ccco2)cc1. The Labute approximate surface area is 157 Å². The number of hydrogen-bond acceptors (Lipinski definition) is 8. The number of nitro groups is 1. The molecule has 0 bridgehead atoms. The van der Waals surface area contributed by atoms with E-state index in [2.05, 4.69) is 15.6 Å². The van der Waals surface area contributed by atoms with E-state index in [9.17, 15) is 19.7 Å². The molecule has 28 heavy (non-hydrogen) atoms. The Hall–Kier alpha value is -4.28. The van der Waals surface area contributed by atoms with E-state index in [0.717, 1.165) is 17.1 Å². The van der Waals surface area contributed by atoms with Gasteiger partial charge in [-0.05, 0) is 42.0 Å². The number of carbonyl (C=O) groups is 2. The Morgan fingerprint density at radius 2 is 2.11 bits per heavy atom. The molecule has 0 radical (unpaired) electrons. The Balaban J connectivity index is 1.49. The van der Waals surface area contributed by atoms with Gasteiger partial charge in [0.2, 0.25) is 5.76 Å². The molecular weight excluding hydrogens is 370 g/mol. The summed E-state index contributed by atoms with van der Waals surface area (Å²) < 4.78 is 11.2. The van der Waals surface area contributed by atoms with Crippen LogP contribution in [0.2, 0.25) is 0 Å². The molecule has 1 N–H and O–H groups in total. The standard InChI is InChI=1S/C17H13N5O6/c23-16(11-21-10-13(9-19-21)22(25)26)20-18-8-12-3-5-14(6-4-12)28-17(24)15-2-1-7-27-15/h1-10H,11H2,(H,20,23)/b18-8+. The van der Waals surface area contributed by atoms with Gasteiger partial charge in [-0.1, -0.05) is 0 Å². The van der Waals surface area contributed by atoms with Gasteiger partial charge in [0.25, 0.3) is 5.91 Å². The number of hydrogen-bond donors (Lipinski definition) is 1. The molecule has 3 rings (SSSR count). The normalized spacial score (nSPS) is 10.7. The van der Waals surface area contributed by atoms with Crippen LogP contribution in [0.3, 0.4) is 0 Å². The molecule has 0 aliphatic carbocycles. The number of benzene rings is 1. The van der Waals surface area contributed by atoms with Crippen LogP contribution in [0.15, 0.2) is 64.6 Å². The minimum atomic E-state index is -0.613. The zero-order chi connectivity index (χ0) is 19.9. The Morgan fingerprint density at radius 1 is 1.32 bits per heavy atom.